The first-order valence-electron chi connectivity index (χ1n) is 7.10. The largest absolute Gasteiger partial charge is 0.424 e. The van der Waals surface area contributed by atoms with E-state index in [1.165, 1.54) is 11.3 Å². The molecule has 0 saturated carbocycles. The Morgan fingerprint density at radius 3 is 2.77 bits per heavy atom. The minimum Gasteiger partial charge on any atom is -0.424 e. The van der Waals surface area contributed by atoms with Crippen molar-refractivity contribution < 1.29 is 12.8 Å². The van der Waals surface area contributed by atoms with Crippen molar-refractivity contribution in [1.29, 1.82) is 0 Å². The maximum absolute atomic E-state index is 12.2. The minimum absolute atomic E-state index is 0.0206. The number of aromatic nitrogens is 2. The number of likely N-dealkylation sites (tertiary alicyclic amines) is 1. The molecule has 9 heteroatoms. The summed E-state index contributed by atoms with van der Waals surface area (Å²) >= 11 is 1.23. The Bertz CT molecular complexity index is 703. The van der Waals surface area contributed by atoms with Crippen molar-refractivity contribution in [3.05, 3.63) is 29.3 Å². The van der Waals surface area contributed by atoms with Crippen LogP contribution in [0.1, 0.15) is 24.6 Å². The maximum atomic E-state index is 12.2. The van der Waals surface area contributed by atoms with E-state index in [4.69, 9.17) is 4.42 Å². The van der Waals surface area contributed by atoms with Gasteiger partial charge in [0.1, 0.15) is 4.21 Å². The molecule has 0 amide bonds. The Balaban J connectivity index is 1.51. The molecule has 0 unspecified atom stereocenters. The quantitative estimate of drug-likeness (QED) is 0.883. The van der Waals surface area contributed by atoms with Crippen molar-refractivity contribution >= 4 is 21.4 Å². The van der Waals surface area contributed by atoms with Crippen molar-refractivity contribution in [3.63, 3.8) is 0 Å². The molecule has 7 nitrogen and oxygen atoms in total. The zero-order valence-electron chi connectivity index (χ0n) is 12.2. The van der Waals surface area contributed by atoms with Crippen molar-refractivity contribution in [3.8, 4) is 0 Å². The molecule has 0 spiro atoms. The van der Waals surface area contributed by atoms with Gasteiger partial charge in [-0.25, -0.2) is 13.1 Å². The van der Waals surface area contributed by atoms with Crippen LogP contribution in [-0.2, 0) is 16.6 Å². The standard InChI is InChI=1S/C13H18N4O3S2/c1-10-14-15-12(20-10)9-17-6-4-11(5-7-17)16-22(18,19)13-3-2-8-21-13/h2-3,8,11,16H,4-7,9H2,1H3. The number of piperidine rings is 1. The number of rotatable bonds is 5. The monoisotopic (exact) mass is 342 g/mol. The number of nitrogens with zero attached hydrogens (tertiary/aromatic N) is 3. The summed E-state index contributed by atoms with van der Waals surface area (Å²) in [7, 11) is -3.38. The van der Waals surface area contributed by atoms with E-state index in [1.54, 1.807) is 24.4 Å². The van der Waals surface area contributed by atoms with Gasteiger partial charge in [-0.3, -0.25) is 4.90 Å². The topological polar surface area (TPSA) is 88.3 Å². The Hall–Kier alpha value is -1.29. The van der Waals surface area contributed by atoms with E-state index in [-0.39, 0.29) is 6.04 Å². The molecule has 22 heavy (non-hydrogen) atoms. The minimum atomic E-state index is -3.38. The first-order valence-corrected chi connectivity index (χ1v) is 9.46. The molecule has 2 aromatic rings. The number of hydrogen-bond donors (Lipinski definition) is 1. The summed E-state index contributed by atoms with van der Waals surface area (Å²) in [6.07, 6.45) is 1.55. The number of sulfonamides is 1. The van der Waals surface area contributed by atoms with Gasteiger partial charge in [-0.1, -0.05) is 6.07 Å². The molecule has 0 atom stereocenters. The van der Waals surface area contributed by atoms with Crippen LogP contribution < -0.4 is 4.72 Å². The molecule has 1 aliphatic rings. The van der Waals surface area contributed by atoms with Crippen LogP contribution in [0.5, 0.6) is 0 Å². The molecule has 1 fully saturated rings. The van der Waals surface area contributed by atoms with E-state index in [2.05, 4.69) is 19.8 Å². The van der Waals surface area contributed by atoms with Gasteiger partial charge in [-0.05, 0) is 24.3 Å². The van der Waals surface area contributed by atoms with Crippen LogP contribution in [0.2, 0.25) is 0 Å². The lowest BCUT2D eigenvalue weighted by Crippen LogP contribution is -2.44. The Labute approximate surface area is 133 Å². The van der Waals surface area contributed by atoms with E-state index in [9.17, 15) is 8.42 Å². The van der Waals surface area contributed by atoms with Gasteiger partial charge in [0, 0.05) is 26.1 Å². The molecule has 1 N–H and O–H groups in total. The highest BCUT2D eigenvalue weighted by Gasteiger charge is 2.25. The summed E-state index contributed by atoms with van der Waals surface area (Å²) in [6, 6.07) is 3.35. The van der Waals surface area contributed by atoms with E-state index >= 15 is 0 Å². The lowest BCUT2D eigenvalue weighted by atomic mass is 10.1. The normalized spacial score (nSPS) is 17.9. The van der Waals surface area contributed by atoms with Gasteiger partial charge in [0.05, 0.1) is 6.54 Å². The first kappa shape index (κ1) is 15.6. The third kappa shape index (κ3) is 3.72. The van der Waals surface area contributed by atoms with Gasteiger partial charge in [0.25, 0.3) is 0 Å². The van der Waals surface area contributed by atoms with E-state index in [0.717, 1.165) is 25.9 Å². The molecule has 0 aromatic carbocycles. The maximum Gasteiger partial charge on any atom is 0.250 e. The van der Waals surface area contributed by atoms with Crippen LogP contribution in [0.15, 0.2) is 26.1 Å². The van der Waals surface area contributed by atoms with Gasteiger partial charge in [0.15, 0.2) is 0 Å². The van der Waals surface area contributed by atoms with Gasteiger partial charge in [0.2, 0.25) is 21.8 Å². The fourth-order valence-electron chi connectivity index (χ4n) is 2.50. The second-order valence-corrected chi connectivity index (χ2v) is 8.21. The van der Waals surface area contributed by atoms with Crippen LogP contribution >= 0.6 is 11.3 Å². The number of hydrogen-bond acceptors (Lipinski definition) is 7. The summed E-state index contributed by atoms with van der Waals surface area (Å²) in [5, 5.41) is 9.56. The van der Waals surface area contributed by atoms with Crippen molar-refractivity contribution in [2.75, 3.05) is 13.1 Å². The highest BCUT2D eigenvalue weighted by molar-refractivity contribution is 7.91. The molecule has 0 bridgehead atoms. The predicted molar refractivity (Wildman–Crippen MR) is 82.0 cm³/mol. The van der Waals surface area contributed by atoms with Crippen molar-refractivity contribution in [2.24, 2.45) is 0 Å². The Morgan fingerprint density at radius 1 is 1.41 bits per heavy atom. The molecular weight excluding hydrogens is 324 g/mol. The lowest BCUT2D eigenvalue weighted by molar-refractivity contribution is 0.183. The zero-order valence-corrected chi connectivity index (χ0v) is 13.9. The van der Waals surface area contributed by atoms with Crippen molar-refractivity contribution in [2.45, 2.75) is 36.6 Å². The van der Waals surface area contributed by atoms with E-state index < -0.39 is 10.0 Å². The average molecular weight is 342 g/mol. The molecule has 1 aliphatic heterocycles. The fourth-order valence-corrected chi connectivity index (χ4v) is 4.81. The molecule has 1 saturated heterocycles. The molecule has 2 aromatic heterocycles. The third-order valence-electron chi connectivity index (χ3n) is 3.60. The molecule has 3 heterocycles. The molecule has 0 radical (unpaired) electrons. The summed E-state index contributed by atoms with van der Waals surface area (Å²) in [4.78, 5) is 2.20. The molecular formula is C13H18N4O3S2. The molecule has 3 rings (SSSR count). The summed E-state index contributed by atoms with van der Waals surface area (Å²) in [5.74, 6) is 1.17. The molecule has 120 valence electrons. The summed E-state index contributed by atoms with van der Waals surface area (Å²) in [5.41, 5.74) is 0. The van der Waals surface area contributed by atoms with Crippen LogP contribution in [0, 0.1) is 6.92 Å². The van der Waals surface area contributed by atoms with Crippen LogP contribution in [0.4, 0.5) is 0 Å². The van der Waals surface area contributed by atoms with Crippen LogP contribution in [-0.4, -0.2) is 42.6 Å². The predicted octanol–water partition coefficient (Wildman–Crippen LogP) is 1.38. The average Bonchev–Trinajstić information content (AvgIpc) is 3.13. The number of nitrogens with one attached hydrogen (secondary N) is 1. The van der Waals surface area contributed by atoms with E-state index in [1.807, 2.05) is 0 Å². The van der Waals surface area contributed by atoms with Gasteiger partial charge in [-0.15, -0.1) is 21.5 Å². The third-order valence-corrected chi connectivity index (χ3v) is 6.51. The highest BCUT2D eigenvalue weighted by Crippen LogP contribution is 2.19. The smallest absolute Gasteiger partial charge is 0.250 e. The van der Waals surface area contributed by atoms with Gasteiger partial charge in [-0.2, -0.15) is 0 Å². The van der Waals surface area contributed by atoms with Crippen LogP contribution in [0.25, 0.3) is 0 Å². The van der Waals surface area contributed by atoms with Gasteiger partial charge < -0.3 is 4.42 Å². The first-order chi connectivity index (χ1) is 10.5. The lowest BCUT2D eigenvalue weighted by Gasteiger charge is -2.31. The van der Waals surface area contributed by atoms with E-state index in [0.29, 0.717) is 22.5 Å². The summed E-state index contributed by atoms with van der Waals surface area (Å²) < 4.78 is 32.9. The number of aryl methyl sites for hydroxylation is 1. The second-order valence-electron chi connectivity index (χ2n) is 5.32. The van der Waals surface area contributed by atoms with Crippen molar-refractivity contribution in [1.82, 2.24) is 19.8 Å². The summed E-state index contributed by atoms with van der Waals surface area (Å²) in [6.45, 7) is 3.99. The molecule has 0 aliphatic carbocycles. The fraction of sp³-hybridized carbons (Fsp3) is 0.538. The number of thiophene rings is 1. The Kier molecular flexibility index (Phi) is 4.57. The van der Waals surface area contributed by atoms with Crippen LogP contribution in [0.3, 0.4) is 0 Å². The zero-order chi connectivity index (χ0) is 15.6. The Morgan fingerprint density at radius 2 is 2.18 bits per heavy atom. The second kappa shape index (κ2) is 6.45. The SMILES string of the molecule is Cc1nnc(CN2CCC(NS(=O)(=O)c3cccs3)CC2)o1. The highest BCUT2D eigenvalue weighted by atomic mass is 32.2. The van der Waals surface area contributed by atoms with Gasteiger partial charge >= 0.3 is 0 Å².